The van der Waals surface area contributed by atoms with Gasteiger partial charge in [0.15, 0.2) is 0 Å². The van der Waals surface area contributed by atoms with E-state index in [4.69, 9.17) is 4.74 Å². The first-order valence-corrected chi connectivity index (χ1v) is 9.55. The molecule has 0 atom stereocenters. The highest BCUT2D eigenvalue weighted by molar-refractivity contribution is 6.14. The molecule has 0 bridgehead atoms. The van der Waals surface area contributed by atoms with Gasteiger partial charge in [0.1, 0.15) is 29.8 Å². The molecular weight excluding hydrogens is 362 g/mol. The Bertz CT molecular complexity index is 1040. The number of ketones is 1. The Morgan fingerprint density at radius 2 is 1.90 bits per heavy atom. The highest BCUT2D eigenvalue weighted by Crippen LogP contribution is 2.18. The van der Waals surface area contributed by atoms with E-state index >= 15 is 0 Å². The Balaban J connectivity index is 1.69. The van der Waals surface area contributed by atoms with Crippen molar-refractivity contribution >= 4 is 11.9 Å². The quantitative estimate of drug-likeness (QED) is 0.319. The van der Waals surface area contributed by atoms with Gasteiger partial charge in [-0.25, -0.2) is 4.98 Å². The third-order valence-electron chi connectivity index (χ3n) is 4.60. The van der Waals surface area contributed by atoms with Crippen LogP contribution in [0, 0.1) is 11.3 Å². The summed E-state index contributed by atoms with van der Waals surface area (Å²) in [7, 11) is 1.91. The Hall–Kier alpha value is -3.65. The number of carbonyl (C=O) groups excluding carboxylic acids is 1. The van der Waals surface area contributed by atoms with Gasteiger partial charge in [0.2, 0.25) is 5.78 Å². The first-order chi connectivity index (χ1) is 14.1. The molecule has 0 amide bonds. The zero-order valence-corrected chi connectivity index (χ0v) is 16.6. The van der Waals surface area contributed by atoms with E-state index in [0.717, 1.165) is 24.2 Å². The zero-order valence-electron chi connectivity index (χ0n) is 16.6. The summed E-state index contributed by atoms with van der Waals surface area (Å²) in [6.07, 6.45) is 7.22. The van der Waals surface area contributed by atoms with Gasteiger partial charge in [0.25, 0.3) is 0 Å². The number of benzene rings is 2. The largest absolute Gasteiger partial charge is 0.486 e. The van der Waals surface area contributed by atoms with Crippen molar-refractivity contribution in [1.29, 1.82) is 5.26 Å². The van der Waals surface area contributed by atoms with Crippen molar-refractivity contribution in [3.8, 4) is 11.8 Å². The fourth-order valence-electron chi connectivity index (χ4n) is 2.93. The molecule has 5 heteroatoms. The van der Waals surface area contributed by atoms with Crippen LogP contribution in [0.5, 0.6) is 5.75 Å². The molecule has 3 aromatic rings. The smallest absolute Gasteiger partial charge is 0.203 e. The van der Waals surface area contributed by atoms with Gasteiger partial charge < -0.3 is 9.30 Å². The maximum Gasteiger partial charge on any atom is 0.203 e. The minimum atomic E-state index is -0.273. The monoisotopic (exact) mass is 385 g/mol. The molecule has 1 heterocycles. The van der Waals surface area contributed by atoms with Crippen LogP contribution >= 0.6 is 0 Å². The van der Waals surface area contributed by atoms with Crippen molar-refractivity contribution in [2.24, 2.45) is 7.05 Å². The van der Waals surface area contributed by atoms with E-state index in [1.807, 2.05) is 60.3 Å². The van der Waals surface area contributed by atoms with Crippen LogP contribution in [0.3, 0.4) is 0 Å². The van der Waals surface area contributed by atoms with E-state index in [2.05, 4.69) is 11.9 Å². The second-order valence-corrected chi connectivity index (χ2v) is 6.76. The van der Waals surface area contributed by atoms with Gasteiger partial charge in [-0.3, -0.25) is 4.79 Å². The molecule has 146 valence electrons. The minimum absolute atomic E-state index is 0.106. The Labute approximate surface area is 170 Å². The summed E-state index contributed by atoms with van der Waals surface area (Å²) in [4.78, 5) is 16.9. The molecule has 2 aromatic carbocycles. The fourth-order valence-corrected chi connectivity index (χ4v) is 2.93. The van der Waals surface area contributed by atoms with E-state index in [0.29, 0.717) is 17.9 Å². The number of imidazole rings is 1. The molecule has 3 rings (SSSR count). The molecule has 29 heavy (non-hydrogen) atoms. The summed E-state index contributed by atoms with van der Waals surface area (Å²) in [6, 6.07) is 16.8. The van der Waals surface area contributed by atoms with Crippen molar-refractivity contribution in [3.63, 3.8) is 0 Å². The molecule has 0 N–H and O–H groups in total. The highest BCUT2D eigenvalue weighted by Gasteiger charge is 2.12. The maximum atomic E-state index is 12.7. The standard InChI is InChI=1S/C24H23N3O2/c1-3-4-18-5-9-20(10-6-18)24(28)21(16-25)15-19-7-11-22(12-8-19)29-17-23-26-13-14-27(23)2/h5-15H,3-4,17H2,1-2H3/b21-15+. The number of nitrogens with zero attached hydrogens (tertiary/aromatic N) is 3. The molecule has 0 radical (unpaired) electrons. The highest BCUT2D eigenvalue weighted by atomic mass is 16.5. The Morgan fingerprint density at radius 1 is 1.17 bits per heavy atom. The number of carbonyl (C=O) groups is 1. The van der Waals surface area contributed by atoms with Crippen molar-refractivity contribution in [1.82, 2.24) is 9.55 Å². The van der Waals surface area contributed by atoms with Crippen molar-refractivity contribution in [2.45, 2.75) is 26.4 Å². The molecular formula is C24H23N3O2. The molecule has 5 nitrogen and oxygen atoms in total. The molecule has 0 unspecified atom stereocenters. The van der Waals surface area contributed by atoms with Crippen LogP contribution in [0.15, 0.2) is 66.5 Å². The number of rotatable bonds is 8. The lowest BCUT2D eigenvalue weighted by Crippen LogP contribution is -2.03. The summed E-state index contributed by atoms with van der Waals surface area (Å²) >= 11 is 0. The van der Waals surface area contributed by atoms with Crippen molar-refractivity contribution in [3.05, 3.63) is 89.0 Å². The Kier molecular flexibility index (Phi) is 6.59. The van der Waals surface area contributed by atoms with E-state index < -0.39 is 0 Å². The first kappa shape index (κ1) is 20.1. The van der Waals surface area contributed by atoms with E-state index in [1.165, 1.54) is 5.56 Å². The summed E-state index contributed by atoms with van der Waals surface area (Å²) < 4.78 is 7.63. The molecule has 0 aliphatic rings. The number of hydrogen-bond donors (Lipinski definition) is 0. The van der Waals surface area contributed by atoms with Gasteiger partial charge in [0.05, 0.1) is 0 Å². The fraction of sp³-hybridized carbons (Fsp3) is 0.208. The Morgan fingerprint density at radius 3 is 2.48 bits per heavy atom. The normalized spacial score (nSPS) is 11.1. The molecule has 0 aliphatic heterocycles. The number of Topliss-reactive ketones (excluding diaryl/α,β-unsaturated/α-hetero) is 1. The van der Waals surface area contributed by atoms with Gasteiger partial charge in [-0.1, -0.05) is 49.7 Å². The van der Waals surface area contributed by atoms with Crippen LogP contribution in [0.1, 0.15) is 40.7 Å². The number of nitriles is 1. The minimum Gasteiger partial charge on any atom is -0.486 e. The predicted molar refractivity (Wildman–Crippen MR) is 112 cm³/mol. The summed E-state index contributed by atoms with van der Waals surface area (Å²) in [5.41, 5.74) is 2.58. The van der Waals surface area contributed by atoms with Crippen LogP contribution in [0.25, 0.3) is 6.08 Å². The van der Waals surface area contributed by atoms with Crippen LogP contribution < -0.4 is 4.74 Å². The number of aryl methyl sites for hydroxylation is 2. The van der Waals surface area contributed by atoms with Gasteiger partial charge in [0, 0.05) is 25.0 Å². The zero-order chi connectivity index (χ0) is 20.6. The van der Waals surface area contributed by atoms with E-state index in [9.17, 15) is 10.1 Å². The number of aromatic nitrogens is 2. The lowest BCUT2D eigenvalue weighted by atomic mass is 10.00. The molecule has 0 saturated carbocycles. The van der Waals surface area contributed by atoms with Crippen molar-refractivity contribution < 1.29 is 9.53 Å². The number of hydrogen-bond acceptors (Lipinski definition) is 4. The molecule has 0 fully saturated rings. The lowest BCUT2D eigenvalue weighted by molar-refractivity contribution is 0.104. The van der Waals surface area contributed by atoms with Gasteiger partial charge in [-0.2, -0.15) is 5.26 Å². The van der Waals surface area contributed by atoms with Crippen LogP contribution in [-0.2, 0) is 20.1 Å². The van der Waals surface area contributed by atoms with Gasteiger partial charge in [-0.05, 0) is 35.8 Å². The summed E-state index contributed by atoms with van der Waals surface area (Å²) in [5, 5.41) is 9.46. The van der Waals surface area contributed by atoms with Crippen LogP contribution in [-0.4, -0.2) is 15.3 Å². The lowest BCUT2D eigenvalue weighted by Gasteiger charge is -2.06. The predicted octanol–water partition coefficient (Wildman–Crippen LogP) is 4.74. The van der Waals surface area contributed by atoms with Crippen molar-refractivity contribution in [2.75, 3.05) is 0 Å². The van der Waals surface area contributed by atoms with Crippen LogP contribution in [0.4, 0.5) is 0 Å². The molecule has 0 aliphatic carbocycles. The van der Waals surface area contributed by atoms with Gasteiger partial charge in [-0.15, -0.1) is 0 Å². The first-order valence-electron chi connectivity index (χ1n) is 9.55. The van der Waals surface area contributed by atoms with Gasteiger partial charge >= 0.3 is 0 Å². The maximum absolute atomic E-state index is 12.7. The average Bonchev–Trinajstić information content (AvgIpc) is 3.16. The van der Waals surface area contributed by atoms with Crippen LogP contribution in [0.2, 0.25) is 0 Å². The third-order valence-corrected chi connectivity index (χ3v) is 4.60. The summed E-state index contributed by atoms with van der Waals surface area (Å²) in [5.74, 6) is 1.25. The average molecular weight is 385 g/mol. The summed E-state index contributed by atoms with van der Waals surface area (Å²) in [6.45, 7) is 2.49. The number of ether oxygens (including phenoxy) is 1. The number of allylic oxidation sites excluding steroid dienone is 1. The second kappa shape index (κ2) is 9.52. The van der Waals surface area contributed by atoms with E-state index in [-0.39, 0.29) is 11.4 Å². The molecule has 0 spiro atoms. The second-order valence-electron chi connectivity index (χ2n) is 6.76. The van der Waals surface area contributed by atoms with E-state index in [1.54, 1.807) is 24.4 Å². The molecule has 0 saturated heterocycles. The SMILES string of the molecule is CCCc1ccc(C(=O)/C(C#N)=C/c2ccc(OCc3nccn3C)cc2)cc1. The molecule has 1 aromatic heterocycles. The topological polar surface area (TPSA) is 67.9 Å². The third kappa shape index (κ3) is 5.20.